The topological polar surface area (TPSA) is 61.9 Å². The molecule has 1 aromatic heterocycles. The number of hydrogen-bond donors (Lipinski definition) is 0. The third kappa shape index (κ3) is 6.96. The van der Waals surface area contributed by atoms with Crippen molar-refractivity contribution in [3.05, 3.63) is 64.4 Å². The maximum absolute atomic E-state index is 13.3. The Hall–Kier alpha value is -2.55. The van der Waals surface area contributed by atoms with Crippen molar-refractivity contribution in [2.24, 2.45) is 0 Å². The summed E-state index contributed by atoms with van der Waals surface area (Å²) >= 11 is 12.2. The second-order valence-corrected chi connectivity index (χ2v) is 8.28. The number of anilines is 2. The van der Waals surface area contributed by atoms with E-state index in [1.54, 1.807) is 29.3 Å². The number of aryl methyl sites for hydroxylation is 1. The Balaban J connectivity index is 0.000000520. The number of imidazole rings is 1. The minimum Gasteiger partial charge on any atom is -0.299 e. The Labute approximate surface area is 208 Å². The van der Waals surface area contributed by atoms with Gasteiger partial charge in [-0.3, -0.25) is 9.36 Å². The number of aromatic nitrogens is 2. The van der Waals surface area contributed by atoms with Gasteiger partial charge in [0, 0.05) is 15.7 Å². The summed E-state index contributed by atoms with van der Waals surface area (Å²) in [7, 11) is 0. The number of fused-ring (bicyclic) bond motifs is 1. The predicted octanol–water partition coefficient (Wildman–Crippen LogP) is 8.14. The van der Waals surface area contributed by atoms with E-state index in [1.165, 1.54) is 0 Å². The summed E-state index contributed by atoms with van der Waals surface area (Å²) in [5.74, 6) is 0.566. The van der Waals surface area contributed by atoms with Crippen LogP contribution in [0.5, 0.6) is 0 Å². The van der Waals surface area contributed by atoms with Crippen LogP contribution in [0.15, 0.2) is 48.7 Å². The van der Waals surface area contributed by atoms with Gasteiger partial charge < -0.3 is 0 Å². The molecule has 0 saturated heterocycles. The number of nitrogens with zero attached hydrogens (tertiary/aromatic N) is 4. The lowest BCUT2D eigenvalue weighted by atomic mass is 9.96. The van der Waals surface area contributed by atoms with Gasteiger partial charge in [0.25, 0.3) is 5.91 Å². The summed E-state index contributed by atoms with van der Waals surface area (Å²) in [5, 5.41) is 8.96. The molecule has 0 radical (unpaired) electrons. The largest absolute Gasteiger partial charge is 0.299 e. The molecule has 33 heavy (non-hydrogen) atoms. The van der Waals surface area contributed by atoms with E-state index in [0.29, 0.717) is 34.5 Å². The van der Waals surface area contributed by atoms with E-state index in [1.807, 2.05) is 57.4 Å². The third-order valence-corrected chi connectivity index (χ3v) is 5.35. The van der Waals surface area contributed by atoms with Crippen LogP contribution in [0, 0.1) is 18.3 Å². The average Bonchev–Trinajstić information content (AvgIpc) is 3.26. The number of amides is 1. The molecule has 0 saturated carbocycles. The van der Waals surface area contributed by atoms with Gasteiger partial charge in [-0.05, 0) is 51.3 Å². The lowest BCUT2D eigenvalue weighted by molar-refractivity contribution is -0.123. The van der Waals surface area contributed by atoms with Gasteiger partial charge >= 0.3 is 0 Å². The predicted molar refractivity (Wildman–Crippen MR) is 139 cm³/mol. The van der Waals surface area contributed by atoms with Gasteiger partial charge in [0.15, 0.2) is 0 Å². The maximum Gasteiger partial charge on any atom is 0.260 e. The number of carbonyl (C=O) groups excluding carboxylic acids is 1. The van der Waals surface area contributed by atoms with Crippen LogP contribution in [0.1, 0.15) is 66.0 Å². The monoisotopic (exact) mass is 488 g/mol. The summed E-state index contributed by atoms with van der Waals surface area (Å²) in [6.45, 7) is 12.0. The molecule has 0 fully saturated rings. The molecular formula is C26H34Cl2N4O. The van der Waals surface area contributed by atoms with E-state index in [0.717, 1.165) is 18.5 Å². The van der Waals surface area contributed by atoms with Crippen molar-refractivity contribution in [1.82, 2.24) is 9.55 Å². The van der Waals surface area contributed by atoms with Gasteiger partial charge in [-0.25, -0.2) is 9.88 Å². The van der Waals surface area contributed by atoms with Crippen molar-refractivity contribution in [2.45, 2.75) is 72.8 Å². The quantitative estimate of drug-likeness (QED) is 0.385. The second-order valence-electron chi connectivity index (χ2n) is 7.40. The molecule has 5 nitrogen and oxygen atoms in total. The lowest BCUT2D eigenvalue weighted by Gasteiger charge is -2.24. The summed E-state index contributed by atoms with van der Waals surface area (Å²) in [6, 6.07) is 7.12. The number of rotatable bonds is 6. The zero-order valence-electron chi connectivity index (χ0n) is 20.4. The van der Waals surface area contributed by atoms with Crippen molar-refractivity contribution in [3.8, 4) is 6.07 Å². The van der Waals surface area contributed by atoms with E-state index >= 15 is 0 Å². The highest BCUT2D eigenvalue weighted by Gasteiger charge is 2.48. The minimum atomic E-state index is -0.712. The minimum absolute atomic E-state index is 0.0345. The van der Waals surface area contributed by atoms with Gasteiger partial charge in [0.05, 0.1) is 24.4 Å². The molecule has 0 bridgehead atoms. The molecule has 1 aromatic carbocycles. The average molecular weight is 489 g/mol. The Bertz CT molecular complexity index is 1000. The molecule has 1 aliphatic rings. The molecule has 3 rings (SSSR count). The molecule has 0 spiro atoms. The second kappa shape index (κ2) is 13.9. The van der Waals surface area contributed by atoms with Crippen molar-refractivity contribution in [2.75, 3.05) is 4.90 Å². The number of hydrogen-bond acceptors (Lipinski definition) is 3. The van der Waals surface area contributed by atoms with Crippen LogP contribution in [0.2, 0.25) is 10.0 Å². The maximum atomic E-state index is 13.3. The van der Waals surface area contributed by atoms with Crippen molar-refractivity contribution >= 4 is 40.7 Å². The first-order chi connectivity index (χ1) is 15.8. The summed E-state index contributed by atoms with van der Waals surface area (Å²) in [6.07, 6.45) is 12.9. The fraction of sp³-hybridized carbons (Fsp3) is 0.423. The van der Waals surface area contributed by atoms with Gasteiger partial charge in [0.1, 0.15) is 5.54 Å². The Kier molecular flexibility index (Phi) is 12.0. The summed E-state index contributed by atoms with van der Waals surface area (Å²) < 4.78 is 1.99. The van der Waals surface area contributed by atoms with Gasteiger partial charge in [-0.2, -0.15) is 5.26 Å². The summed E-state index contributed by atoms with van der Waals surface area (Å²) in [4.78, 5) is 19.3. The van der Waals surface area contributed by atoms with Gasteiger partial charge in [0.2, 0.25) is 5.95 Å². The molecule has 0 unspecified atom stereocenters. The molecule has 0 aliphatic carbocycles. The molecule has 178 valence electrons. The van der Waals surface area contributed by atoms with Crippen LogP contribution in [-0.4, -0.2) is 15.5 Å². The van der Waals surface area contributed by atoms with Crippen molar-refractivity contribution < 1.29 is 4.79 Å². The number of halogens is 2. The number of nitriles is 1. The molecule has 7 heteroatoms. The first-order valence-corrected chi connectivity index (χ1v) is 12.1. The Morgan fingerprint density at radius 2 is 1.64 bits per heavy atom. The standard InChI is InChI=1S/C18H19Cl2N3O.C6H9N.C2H6/c1-4-5-6-7-18(3)16(24)22(17-21-11-12(2)23(17)18)15-9-13(19)8-14(20)10-15;1-2-3-4-5-6-7;1-2/h5-6,8-11H,4,7H2,1-3H3;3-4H,2,5H2,1H3;1-2H3/b6-5+;4-3-;/t18-;;/m1../s1. The van der Waals surface area contributed by atoms with Gasteiger partial charge in [-0.1, -0.05) is 75.2 Å². The third-order valence-electron chi connectivity index (χ3n) is 4.91. The first-order valence-electron chi connectivity index (χ1n) is 11.3. The van der Waals surface area contributed by atoms with Crippen LogP contribution in [-0.2, 0) is 10.3 Å². The number of allylic oxidation sites excluding steroid dienone is 4. The first kappa shape index (κ1) is 28.5. The molecule has 1 amide bonds. The fourth-order valence-electron chi connectivity index (χ4n) is 3.48. The van der Waals surface area contributed by atoms with E-state index in [9.17, 15) is 4.79 Å². The molecule has 2 aromatic rings. The Morgan fingerprint density at radius 3 is 2.18 bits per heavy atom. The van der Waals surface area contributed by atoms with E-state index in [4.69, 9.17) is 28.5 Å². The molecular weight excluding hydrogens is 455 g/mol. The SMILES string of the molecule is CC.CC/C=C/C[C@]1(C)C(=O)N(c2cc(Cl)cc(Cl)c2)c2ncc(C)n21.CC/C=C\CC#N. The Morgan fingerprint density at radius 1 is 1.06 bits per heavy atom. The smallest absolute Gasteiger partial charge is 0.260 e. The molecule has 2 heterocycles. The van der Waals surface area contributed by atoms with Gasteiger partial charge in [-0.15, -0.1) is 0 Å². The highest BCUT2D eigenvalue weighted by Crippen LogP contribution is 2.43. The fourth-order valence-corrected chi connectivity index (χ4v) is 4.00. The van der Waals surface area contributed by atoms with Crippen LogP contribution in [0.25, 0.3) is 0 Å². The lowest BCUT2D eigenvalue weighted by Crippen LogP contribution is -2.39. The van der Waals surface area contributed by atoms with Crippen LogP contribution in [0.4, 0.5) is 11.6 Å². The van der Waals surface area contributed by atoms with Crippen LogP contribution < -0.4 is 4.90 Å². The number of carbonyl (C=O) groups is 1. The van der Waals surface area contributed by atoms with Crippen molar-refractivity contribution in [1.29, 1.82) is 5.26 Å². The number of benzene rings is 1. The van der Waals surface area contributed by atoms with E-state index in [-0.39, 0.29) is 5.91 Å². The molecule has 1 atom stereocenters. The van der Waals surface area contributed by atoms with Crippen LogP contribution >= 0.6 is 23.2 Å². The normalized spacial score (nSPS) is 16.8. The zero-order chi connectivity index (χ0) is 25.0. The molecule has 1 aliphatic heterocycles. The van der Waals surface area contributed by atoms with E-state index < -0.39 is 5.54 Å². The zero-order valence-corrected chi connectivity index (χ0v) is 21.9. The summed E-state index contributed by atoms with van der Waals surface area (Å²) in [5.41, 5.74) is 0.866. The van der Waals surface area contributed by atoms with Crippen LogP contribution in [0.3, 0.4) is 0 Å². The highest BCUT2D eigenvalue weighted by molar-refractivity contribution is 6.35. The van der Waals surface area contributed by atoms with E-state index in [2.05, 4.69) is 24.1 Å². The highest BCUT2D eigenvalue weighted by atomic mass is 35.5. The van der Waals surface area contributed by atoms with Crippen molar-refractivity contribution in [3.63, 3.8) is 0 Å². The molecule has 0 N–H and O–H groups in total.